The molecule has 2 amide bonds. The molecule has 1 aliphatic carbocycles. The molecule has 0 bridgehead atoms. The van der Waals surface area contributed by atoms with Crippen LogP contribution < -0.4 is 0 Å². The van der Waals surface area contributed by atoms with Gasteiger partial charge in [0.25, 0.3) is 11.8 Å². The van der Waals surface area contributed by atoms with Gasteiger partial charge in [-0.3, -0.25) is 14.5 Å². The zero-order chi connectivity index (χ0) is 10.9. The molecule has 0 N–H and O–H groups in total. The molecule has 2 rings (SSSR count). The van der Waals surface area contributed by atoms with E-state index >= 15 is 0 Å². The zero-order valence-corrected chi connectivity index (χ0v) is 8.36. The molecule has 1 aliphatic heterocycles. The van der Waals surface area contributed by atoms with Crippen LogP contribution in [0.5, 0.6) is 0 Å². The van der Waals surface area contributed by atoms with Crippen molar-refractivity contribution in [2.75, 3.05) is 19.8 Å². The molecule has 0 aromatic rings. The number of imide groups is 1. The highest BCUT2D eigenvalue weighted by atomic mass is 16.5. The molecule has 1 saturated carbocycles. The van der Waals surface area contributed by atoms with Crippen LogP contribution >= 0.6 is 0 Å². The van der Waals surface area contributed by atoms with Crippen LogP contribution in [-0.4, -0.2) is 36.5 Å². The summed E-state index contributed by atoms with van der Waals surface area (Å²) >= 11 is 0. The Labute approximate surface area is 87.6 Å². The fraction of sp³-hybridized carbons (Fsp3) is 0.700. The van der Waals surface area contributed by atoms with Crippen molar-refractivity contribution < 1.29 is 14.3 Å². The topological polar surface area (TPSA) is 70.4 Å². The maximum atomic E-state index is 11.4. The van der Waals surface area contributed by atoms with Crippen molar-refractivity contribution in [2.45, 2.75) is 19.3 Å². The lowest BCUT2D eigenvalue weighted by atomic mass is 10.0. The highest BCUT2D eigenvalue weighted by Crippen LogP contribution is 2.49. The van der Waals surface area contributed by atoms with Gasteiger partial charge in [-0.15, -0.1) is 0 Å². The second-order valence-corrected chi connectivity index (χ2v) is 4.20. The molecule has 1 heterocycles. The Kier molecular flexibility index (Phi) is 2.45. The average molecular weight is 208 g/mol. The first kappa shape index (κ1) is 10.1. The van der Waals surface area contributed by atoms with Gasteiger partial charge in [0.2, 0.25) is 0 Å². The molecule has 0 unspecified atom stereocenters. The molecular formula is C10H12N2O3. The van der Waals surface area contributed by atoms with Gasteiger partial charge < -0.3 is 4.74 Å². The third kappa shape index (κ3) is 2.00. The summed E-state index contributed by atoms with van der Waals surface area (Å²) in [5.41, 5.74) is -0.114. The first-order chi connectivity index (χ1) is 7.17. The van der Waals surface area contributed by atoms with Gasteiger partial charge in [-0.1, -0.05) is 0 Å². The first-order valence-electron chi connectivity index (χ1n) is 4.95. The summed E-state index contributed by atoms with van der Waals surface area (Å²) in [5.74, 6) is -0.564. The minimum absolute atomic E-state index is 0.0195. The van der Waals surface area contributed by atoms with Gasteiger partial charge >= 0.3 is 0 Å². The molecule has 1 saturated heterocycles. The number of carbonyl (C=O) groups is 2. The summed E-state index contributed by atoms with van der Waals surface area (Å²) in [5, 5.41) is 8.64. The van der Waals surface area contributed by atoms with E-state index in [-0.39, 0.29) is 30.4 Å². The van der Waals surface area contributed by atoms with E-state index in [1.54, 1.807) is 0 Å². The Bertz CT molecular complexity index is 325. The molecule has 0 aromatic carbocycles. The number of hydrogen-bond acceptors (Lipinski definition) is 4. The van der Waals surface area contributed by atoms with E-state index in [4.69, 9.17) is 10.00 Å². The van der Waals surface area contributed by atoms with Gasteiger partial charge in [0.05, 0.1) is 6.07 Å². The van der Waals surface area contributed by atoms with E-state index in [0.717, 1.165) is 12.8 Å². The fourth-order valence-corrected chi connectivity index (χ4v) is 1.77. The Balaban J connectivity index is 2.01. The fourth-order valence-electron chi connectivity index (χ4n) is 1.77. The Morgan fingerprint density at radius 2 is 1.93 bits per heavy atom. The largest absolute Gasteiger partial charge is 0.362 e. The summed E-state index contributed by atoms with van der Waals surface area (Å²) in [4.78, 5) is 24.1. The number of morpholine rings is 1. The van der Waals surface area contributed by atoms with Crippen LogP contribution in [0.2, 0.25) is 0 Å². The molecule has 15 heavy (non-hydrogen) atoms. The molecule has 80 valence electrons. The van der Waals surface area contributed by atoms with Gasteiger partial charge in [0.1, 0.15) is 13.2 Å². The molecule has 0 aromatic heterocycles. The van der Waals surface area contributed by atoms with E-state index in [2.05, 4.69) is 6.07 Å². The van der Waals surface area contributed by atoms with Gasteiger partial charge in [0, 0.05) is 18.4 Å². The van der Waals surface area contributed by atoms with Crippen LogP contribution in [0, 0.1) is 16.7 Å². The van der Waals surface area contributed by atoms with E-state index < -0.39 is 0 Å². The van der Waals surface area contributed by atoms with Crippen LogP contribution in [0.3, 0.4) is 0 Å². The van der Waals surface area contributed by atoms with Crippen LogP contribution in [-0.2, 0) is 14.3 Å². The van der Waals surface area contributed by atoms with Crippen LogP contribution in [0.25, 0.3) is 0 Å². The van der Waals surface area contributed by atoms with Crippen molar-refractivity contribution in [3.8, 4) is 6.07 Å². The summed E-state index contributed by atoms with van der Waals surface area (Å²) in [6.45, 7) is 0.352. The van der Waals surface area contributed by atoms with Crippen LogP contribution in [0.1, 0.15) is 19.3 Å². The first-order valence-corrected chi connectivity index (χ1v) is 4.95. The molecule has 0 radical (unpaired) electrons. The van der Waals surface area contributed by atoms with Crippen LogP contribution in [0.15, 0.2) is 0 Å². The third-order valence-electron chi connectivity index (χ3n) is 2.96. The average Bonchev–Trinajstić information content (AvgIpc) is 2.93. The van der Waals surface area contributed by atoms with E-state index in [9.17, 15) is 9.59 Å². The SMILES string of the molecule is N#CCC1(CN2C(=O)COCC2=O)CC1. The minimum Gasteiger partial charge on any atom is -0.362 e. The van der Waals surface area contributed by atoms with E-state index in [1.807, 2.05) is 0 Å². The summed E-state index contributed by atoms with van der Waals surface area (Å²) < 4.78 is 4.81. The van der Waals surface area contributed by atoms with Crippen molar-refractivity contribution in [2.24, 2.45) is 5.41 Å². The maximum absolute atomic E-state index is 11.4. The molecule has 2 aliphatic rings. The number of rotatable bonds is 3. The normalized spacial score (nSPS) is 23.8. The number of hydrogen-bond donors (Lipinski definition) is 0. The number of carbonyl (C=O) groups excluding carboxylic acids is 2. The van der Waals surface area contributed by atoms with Gasteiger partial charge in [-0.25, -0.2) is 0 Å². The van der Waals surface area contributed by atoms with Crippen molar-refractivity contribution in [3.63, 3.8) is 0 Å². The Morgan fingerprint density at radius 1 is 1.33 bits per heavy atom. The summed E-state index contributed by atoms with van der Waals surface area (Å²) in [6.07, 6.45) is 2.28. The Hall–Kier alpha value is -1.41. The monoisotopic (exact) mass is 208 g/mol. The second kappa shape index (κ2) is 3.63. The molecule has 2 fully saturated rings. The lowest BCUT2D eigenvalue weighted by Crippen LogP contribution is -2.48. The second-order valence-electron chi connectivity index (χ2n) is 4.20. The lowest BCUT2D eigenvalue weighted by molar-refractivity contribution is -0.159. The smallest absolute Gasteiger partial charge is 0.255 e. The standard InChI is InChI=1S/C10H12N2O3/c11-4-3-10(1-2-10)7-12-8(13)5-15-6-9(12)14/h1-3,5-7H2. The van der Waals surface area contributed by atoms with Gasteiger partial charge in [0.15, 0.2) is 0 Å². The zero-order valence-electron chi connectivity index (χ0n) is 8.36. The number of nitriles is 1. The summed E-state index contributed by atoms with van der Waals surface area (Å²) in [7, 11) is 0. The Morgan fingerprint density at radius 3 is 2.40 bits per heavy atom. The third-order valence-corrected chi connectivity index (χ3v) is 2.96. The maximum Gasteiger partial charge on any atom is 0.255 e. The predicted molar refractivity (Wildman–Crippen MR) is 49.4 cm³/mol. The molecular weight excluding hydrogens is 196 g/mol. The van der Waals surface area contributed by atoms with Gasteiger partial charge in [-0.05, 0) is 12.8 Å². The number of amides is 2. The molecule has 5 nitrogen and oxygen atoms in total. The van der Waals surface area contributed by atoms with Crippen molar-refractivity contribution in [3.05, 3.63) is 0 Å². The van der Waals surface area contributed by atoms with E-state index in [0.29, 0.717) is 13.0 Å². The highest BCUT2D eigenvalue weighted by Gasteiger charge is 2.46. The van der Waals surface area contributed by atoms with Crippen LogP contribution in [0.4, 0.5) is 0 Å². The van der Waals surface area contributed by atoms with Crippen molar-refractivity contribution >= 4 is 11.8 Å². The highest BCUT2D eigenvalue weighted by molar-refractivity contribution is 5.98. The predicted octanol–water partition coefficient (Wildman–Crippen LogP) is 0.0657. The van der Waals surface area contributed by atoms with Crippen molar-refractivity contribution in [1.82, 2.24) is 4.90 Å². The number of nitrogens with zero attached hydrogens (tertiary/aromatic N) is 2. The molecule has 5 heteroatoms. The minimum atomic E-state index is -0.282. The number of ether oxygens (including phenoxy) is 1. The molecule has 0 atom stereocenters. The van der Waals surface area contributed by atoms with E-state index in [1.165, 1.54) is 4.90 Å². The van der Waals surface area contributed by atoms with Crippen molar-refractivity contribution in [1.29, 1.82) is 5.26 Å². The molecule has 0 spiro atoms. The summed E-state index contributed by atoms with van der Waals surface area (Å²) in [6, 6.07) is 2.11. The lowest BCUT2D eigenvalue weighted by Gasteiger charge is -2.28. The quantitative estimate of drug-likeness (QED) is 0.615. The van der Waals surface area contributed by atoms with Gasteiger partial charge in [-0.2, -0.15) is 5.26 Å².